The predicted octanol–water partition coefficient (Wildman–Crippen LogP) is 9.46. The van der Waals surface area contributed by atoms with Gasteiger partial charge in [0.15, 0.2) is 0 Å². The number of aromatic amines is 1. The molecule has 8 aromatic rings. The zero-order valence-electron chi connectivity index (χ0n) is 28.4. The van der Waals surface area contributed by atoms with Gasteiger partial charge in [-0.15, -0.1) is 10.2 Å². The highest BCUT2D eigenvalue weighted by Crippen LogP contribution is 2.40. The molecule has 3 heterocycles. The number of rotatable bonds is 13. The highest BCUT2D eigenvalue weighted by Gasteiger charge is 2.38. The number of imidazole rings is 1. The van der Waals surface area contributed by atoms with E-state index in [0.29, 0.717) is 6.42 Å². The number of aromatic nitrogens is 6. The van der Waals surface area contributed by atoms with Crippen LogP contribution in [0, 0.1) is 0 Å². The summed E-state index contributed by atoms with van der Waals surface area (Å²) < 4.78 is 4.60. The lowest BCUT2D eigenvalue weighted by Crippen LogP contribution is -2.36. The molecule has 0 saturated heterocycles. The quantitative estimate of drug-likeness (QED) is 0.123. The molecule has 252 valence electrons. The normalized spacial score (nSPS) is 11.7. The Morgan fingerprint density at radius 3 is 1.98 bits per heavy atom. The number of fused-ring (bicyclic) bond motifs is 1. The zero-order chi connectivity index (χ0) is 34.5. The van der Waals surface area contributed by atoms with Crippen molar-refractivity contribution in [3.63, 3.8) is 0 Å². The van der Waals surface area contributed by atoms with E-state index in [4.69, 9.17) is 26.8 Å². The largest absolute Gasteiger partial charge is 0.361 e. The van der Waals surface area contributed by atoms with Gasteiger partial charge in [-0.2, -0.15) is 0 Å². The van der Waals surface area contributed by atoms with Crippen molar-refractivity contribution in [3.8, 4) is 0 Å². The number of aryl methyl sites for hydroxylation is 3. The van der Waals surface area contributed by atoms with Gasteiger partial charge in [0.05, 0.1) is 12.0 Å². The summed E-state index contributed by atoms with van der Waals surface area (Å²) in [6.07, 6.45) is 10.4. The first kappa shape index (κ1) is 32.5. The van der Waals surface area contributed by atoms with Crippen molar-refractivity contribution in [1.29, 1.82) is 0 Å². The highest BCUT2D eigenvalue weighted by atomic mass is 35.5. The van der Waals surface area contributed by atoms with E-state index in [-0.39, 0.29) is 0 Å². The third kappa shape index (κ3) is 6.63. The molecule has 0 radical (unpaired) electrons. The van der Waals surface area contributed by atoms with E-state index < -0.39 is 5.54 Å². The Morgan fingerprint density at radius 1 is 0.647 bits per heavy atom. The molecule has 0 atom stereocenters. The smallest absolute Gasteiger partial charge is 0.137 e. The van der Waals surface area contributed by atoms with Crippen molar-refractivity contribution in [2.45, 2.75) is 44.2 Å². The monoisotopic (exact) mass is 686 g/mol. The Bertz CT molecular complexity index is 2240. The topological polar surface area (TPSA) is 64.3 Å². The van der Waals surface area contributed by atoms with Crippen molar-refractivity contribution in [3.05, 3.63) is 208 Å². The molecule has 7 heteroatoms. The fourth-order valence-electron chi connectivity index (χ4n) is 7.44. The summed E-state index contributed by atoms with van der Waals surface area (Å²) >= 11 is 6.36. The number of halogens is 1. The summed E-state index contributed by atoms with van der Waals surface area (Å²) in [5.41, 5.74) is 7.59. The second-order valence-corrected chi connectivity index (χ2v) is 13.5. The van der Waals surface area contributed by atoms with E-state index in [1.165, 1.54) is 27.6 Å². The number of para-hydroxylation sites is 1. The van der Waals surface area contributed by atoms with Gasteiger partial charge in [0.1, 0.15) is 17.2 Å². The summed E-state index contributed by atoms with van der Waals surface area (Å²) in [6, 6.07) is 48.7. The molecule has 0 bridgehead atoms. The van der Waals surface area contributed by atoms with Crippen molar-refractivity contribution in [2.24, 2.45) is 0 Å². The van der Waals surface area contributed by atoms with Crippen LogP contribution in [0.4, 0.5) is 0 Å². The average molecular weight is 687 g/mol. The standard InChI is InChI=1S/C44H39ClN6/c45-38-21-12-14-33(28-38)29-43-49-48-42(26-25-34-30-46-41-24-11-10-23-40(34)41)51(43)27-13-22-39-31-50(32-47-39)44(35-15-4-1-5-16-35,36-17-6-2-7-18-36)37-19-8-3-9-20-37/h1-12,14-21,23-24,28,30-32,46H,13,22,25-27,29H2. The molecule has 51 heavy (non-hydrogen) atoms. The predicted molar refractivity (Wildman–Crippen MR) is 205 cm³/mol. The molecule has 0 aliphatic rings. The average Bonchev–Trinajstić information content (AvgIpc) is 3.92. The maximum atomic E-state index is 6.36. The van der Waals surface area contributed by atoms with Crippen LogP contribution in [0.15, 0.2) is 158 Å². The van der Waals surface area contributed by atoms with Gasteiger partial charge in [0, 0.05) is 47.7 Å². The van der Waals surface area contributed by atoms with Gasteiger partial charge in [-0.25, -0.2) is 4.98 Å². The van der Waals surface area contributed by atoms with Crippen LogP contribution in [-0.2, 0) is 37.8 Å². The minimum absolute atomic E-state index is 0.580. The van der Waals surface area contributed by atoms with Gasteiger partial charge in [-0.3, -0.25) is 0 Å². The molecule has 0 amide bonds. The van der Waals surface area contributed by atoms with E-state index >= 15 is 0 Å². The summed E-state index contributed by atoms with van der Waals surface area (Å²) in [5.74, 6) is 1.95. The molecular formula is C44H39ClN6. The molecule has 6 nitrogen and oxygen atoms in total. The first-order chi connectivity index (χ1) is 25.2. The molecule has 0 spiro atoms. The van der Waals surface area contributed by atoms with E-state index in [1.54, 1.807) is 0 Å². The number of hydrogen-bond acceptors (Lipinski definition) is 3. The van der Waals surface area contributed by atoms with E-state index in [1.807, 2.05) is 24.5 Å². The van der Waals surface area contributed by atoms with Crippen LogP contribution in [0.3, 0.4) is 0 Å². The third-order valence-electron chi connectivity index (χ3n) is 9.86. The van der Waals surface area contributed by atoms with Gasteiger partial charge >= 0.3 is 0 Å². The SMILES string of the molecule is Clc1cccc(Cc2nnc(CCc3c[nH]c4ccccc34)n2CCCc2cn(C(c3ccccc3)(c3ccccc3)c3ccccc3)cn2)c1. The maximum absolute atomic E-state index is 6.36. The fourth-order valence-corrected chi connectivity index (χ4v) is 7.65. The van der Waals surface area contributed by atoms with Gasteiger partial charge in [-0.1, -0.05) is 133 Å². The first-order valence-electron chi connectivity index (χ1n) is 17.6. The van der Waals surface area contributed by atoms with Crippen molar-refractivity contribution in [1.82, 2.24) is 29.3 Å². The maximum Gasteiger partial charge on any atom is 0.137 e. The molecule has 3 aromatic heterocycles. The zero-order valence-corrected chi connectivity index (χ0v) is 29.1. The van der Waals surface area contributed by atoms with Crippen LogP contribution in [0.1, 0.15) is 51.6 Å². The third-order valence-corrected chi connectivity index (χ3v) is 10.1. The van der Waals surface area contributed by atoms with Crippen LogP contribution < -0.4 is 0 Å². The summed E-state index contributed by atoms with van der Waals surface area (Å²) in [6.45, 7) is 0.792. The van der Waals surface area contributed by atoms with Gasteiger partial charge < -0.3 is 14.1 Å². The number of H-pyrrole nitrogens is 1. The van der Waals surface area contributed by atoms with Crippen LogP contribution in [0.5, 0.6) is 0 Å². The molecule has 5 aromatic carbocycles. The minimum atomic E-state index is -0.580. The number of nitrogens with zero attached hydrogens (tertiary/aromatic N) is 5. The van der Waals surface area contributed by atoms with E-state index in [0.717, 1.165) is 65.7 Å². The van der Waals surface area contributed by atoms with E-state index in [9.17, 15) is 0 Å². The Labute approximate surface area is 303 Å². The second-order valence-electron chi connectivity index (χ2n) is 13.0. The van der Waals surface area contributed by atoms with Gasteiger partial charge in [0.2, 0.25) is 0 Å². The van der Waals surface area contributed by atoms with Crippen LogP contribution in [0.2, 0.25) is 5.02 Å². The van der Waals surface area contributed by atoms with Crippen LogP contribution >= 0.6 is 11.6 Å². The highest BCUT2D eigenvalue weighted by molar-refractivity contribution is 6.30. The summed E-state index contributed by atoms with van der Waals surface area (Å²) in [4.78, 5) is 8.42. The molecule has 0 unspecified atom stereocenters. The number of hydrogen-bond donors (Lipinski definition) is 1. The van der Waals surface area contributed by atoms with Crippen molar-refractivity contribution >= 4 is 22.5 Å². The molecule has 0 aliphatic carbocycles. The molecule has 1 N–H and O–H groups in total. The molecule has 0 saturated carbocycles. The van der Waals surface area contributed by atoms with Crippen LogP contribution in [0.25, 0.3) is 10.9 Å². The molecule has 0 fully saturated rings. The lowest BCUT2D eigenvalue weighted by Gasteiger charge is -2.37. The Morgan fingerprint density at radius 2 is 1.29 bits per heavy atom. The van der Waals surface area contributed by atoms with Gasteiger partial charge in [0.25, 0.3) is 0 Å². The van der Waals surface area contributed by atoms with Crippen molar-refractivity contribution < 1.29 is 0 Å². The lowest BCUT2D eigenvalue weighted by atomic mass is 9.77. The Kier molecular flexibility index (Phi) is 9.32. The number of nitrogens with one attached hydrogen (secondary N) is 1. The number of benzene rings is 5. The van der Waals surface area contributed by atoms with Crippen molar-refractivity contribution in [2.75, 3.05) is 0 Å². The lowest BCUT2D eigenvalue weighted by molar-refractivity contribution is 0.513. The Balaban J connectivity index is 1.08. The molecule has 8 rings (SSSR count). The Hall–Kier alpha value is -5.72. The van der Waals surface area contributed by atoms with Gasteiger partial charge in [-0.05, 0) is 65.3 Å². The minimum Gasteiger partial charge on any atom is -0.361 e. The molecule has 0 aliphatic heterocycles. The summed E-state index contributed by atoms with van der Waals surface area (Å²) in [5, 5.41) is 11.4. The fraction of sp³-hybridized carbons (Fsp3) is 0.159. The summed E-state index contributed by atoms with van der Waals surface area (Å²) in [7, 11) is 0. The second kappa shape index (κ2) is 14.6. The van der Waals surface area contributed by atoms with Crippen LogP contribution in [-0.4, -0.2) is 29.3 Å². The first-order valence-corrected chi connectivity index (χ1v) is 18.0. The van der Waals surface area contributed by atoms with E-state index in [2.05, 4.69) is 148 Å². The molecular weight excluding hydrogens is 648 g/mol.